The van der Waals surface area contributed by atoms with Crippen LogP contribution in [0.2, 0.25) is 10.0 Å². The van der Waals surface area contributed by atoms with Gasteiger partial charge in [0.1, 0.15) is 5.75 Å². The van der Waals surface area contributed by atoms with Crippen LogP contribution in [-0.2, 0) is 4.79 Å². The van der Waals surface area contributed by atoms with E-state index < -0.39 is 6.10 Å². The Morgan fingerprint density at radius 1 is 1.09 bits per heavy atom. The molecule has 5 heteroatoms. The van der Waals surface area contributed by atoms with Gasteiger partial charge in [-0.1, -0.05) is 23.2 Å². The molecular weight excluding hydrogens is 321 g/mol. The van der Waals surface area contributed by atoms with E-state index in [1.807, 2.05) is 46.4 Å². The van der Waals surface area contributed by atoms with Crippen LogP contribution in [0.4, 0.5) is 0 Å². The molecule has 0 N–H and O–H groups in total. The van der Waals surface area contributed by atoms with E-state index in [-0.39, 0.29) is 17.0 Å². The summed E-state index contributed by atoms with van der Waals surface area (Å²) >= 11 is 12.0. The molecule has 0 saturated heterocycles. The number of carbonyl (C=O) groups is 1. The molecule has 3 nitrogen and oxygen atoms in total. The molecular formula is C17H25Cl2NO2. The van der Waals surface area contributed by atoms with Crippen LogP contribution in [0.25, 0.3) is 0 Å². The first-order valence-corrected chi connectivity index (χ1v) is 8.05. The minimum atomic E-state index is -0.642. The van der Waals surface area contributed by atoms with Crippen LogP contribution in [-0.4, -0.2) is 28.0 Å². The summed E-state index contributed by atoms with van der Waals surface area (Å²) < 4.78 is 5.75. The number of amides is 1. The SMILES string of the molecule is CC(Oc1ccc(Cl)cc1Cl)C(=O)N(C(C)(C)C)C(C)(C)C. The third-order valence-electron chi connectivity index (χ3n) is 3.11. The smallest absolute Gasteiger partial charge is 0.264 e. The Morgan fingerprint density at radius 3 is 2.00 bits per heavy atom. The van der Waals surface area contributed by atoms with Gasteiger partial charge in [0.2, 0.25) is 0 Å². The first-order chi connectivity index (χ1) is 9.84. The second-order valence-electron chi connectivity index (χ2n) is 7.35. The van der Waals surface area contributed by atoms with Crippen molar-refractivity contribution < 1.29 is 9.53 Å². The summed E-state index contributed by atoms with van der Waals surface area (Å²) in [6, 6.07) is 4.96. The van der Waals surface area contributed by atoms with Crippen LogP contribution in [0.1, 0.15) is 48.5 Å². The van der Waals surface area contributed by atoms with Crippen LogP contribution in [0.5, 0.6) is 5.75 Å². The van der Waals surface area contributed by atoms with Crippen molar-refractivity contribution >= 4 is 29.1 Å². The highest BCUT2D eigenvalue weighted by atomic mass is 35.5. The minimum Gasteiger partial charge on any atom is -0.479 e. The van der Waals surface area contributed by atoms with Crippen molar-refractivity contribution in [2.24, 2.45) is 0 Å². The van der Waals surface area contributed by atoms with E-state index in [0.29, 0.717) is 15.8 Å². The Kier molecular flexibility index (Phi) is 5.80. The number of carbonyl (C=O) groups excluding carboxylic acids is 1. The highest BCUT2D eigenvalue weighted by molar-refractivity contribution is 6.35. The Labute approximate surface area is 143 Å². The molecule has 0 aliphatic carbocycles. The summed E-state index contributed by atoms with van der Waals surface area (Å²) in [6.07, 6.45) is -0.642. The fraction of sp³-hybridized carbons (Fsp3) is 0.588. The van der Waals surface area contributed by atoms with Crippen molar-refractivity contribution in [2.45, 2.75) is 65.6 Å². The Bertz CT molecular complexity index is 531. The van der Waals surface area contributed by atoms with E-state index >= 15 is 0 Å². The Morgan fingerprint density at radius 2 is 1.59 bits per heavy atom. The molecule has 0 heterocycles. The summed E-state index contributed by atoms with van der Waals surface area (Å²) in [5, 5.41) is 0.924. The van der Waals surface area contributed by atoms with Gasteiger partial charge in [0.05, 0.1) is 5.02 Å². The maximum absolute atomic E-state index is 12.9. The number of hydrogen-bond donors (Lipinski definition) is 0. The third kappa shape index (κ3) is 4.79. The molecule has 0 aliphatic heterocycles. The summed E-state index contributed by atoms with van der Waals surface area (Å²) in [7, 11) is 0. The van der Waals surface area contributed by atoms with Gasteiger partial charge in [-0.2, -0.15) is 0 Å². The van der Waals surface area contributed by atoms with Gasteiger partial charge in [0.15, 0.2) is 6.10 Å². The standard InChI is InChI=1S/C17H25Cl2NO2/c1-11(22-14-9-8-12(18)10-13(14)19)15(21)20(16(2,3)4)17(5,6)7/h8-11H,1-7H3. The molecule has 1 aromatic rings. The maximum Gasteiger partial charge on any atom is 0.264 e. The number of halogens is 2. The van der Waals surface area contributed by atoms with E-state index in [2.05, 4.69) is 0 Å². The maximum atomic E-state index is 12.9. The van der Waals surface area contributed by atoms with Gasteiger partial charge in [-0.15, -0.1) is 0 Å². The number of benzene rings is 1. The van der Waals surface area contributed by atoms with Crippen molar-refractivity contribution in [3.05, 3.63) is 28.2 Å². The average Bonchev–Trinajstić information content (AvgIpc) is 2.28. The van der Waals surface area contributed by atoms with Gasteiger partial charge in [-0.3, -0.25) is 4.79 Å². The molecule has 0 saturated carbocycles. The van der Waals surface area contributed by atoms with Crippen LogP contribution >= 0.6 is 23.2 Å². The molecule has 22 heavy (non-hydrogen) atoms. The number of nitrogens with zero attached hydrogens (tertiary/aromatic N) is 1. The molecule has 1 atom stereocenters. The zero-order chi connectivity index (χ0) is 17.3. The summed E-state index contributed by atoms with van der Waals surface area (Å²) in [4.78, 5) is 14.7. The molecule has 0 spiro atoms. The third-order valence-corrected chi connectivity index (χ3v) is 3.64. The highest BCUT2D eigenvalue weighted by Crippen LogP contribution is 2.30. The van der Waals surface area contributed by atoms with E-state index in [1.165, 1.54) is 0 Å². The highest BCUT2D eigenvalue weighted by Gasteiger charge is 2.38. The van der Waals surface area contributed by atoms with Crippen molar-refractivity contribution in [3.63, 3.8) is 0 Å². The Hall–Kier alpha value is -0.930. The fourth-order valence-electron chi connectivity index (χ4n) is 2.66. The van der Waals surface area contributed by atoms with Gasteiger partial charge >= 0.3 is 0 Å². The molecule has 0 radical (unpaired) electrons. The molecule has 0 aromatic heterocycles. The van der Waals surface area contributed by atoms with Gasteiger partial charge < -0.3 is 9.64 Å². The average molecular weight is 346 g/mol. The van der Waals surface area contributed by atoms with Crippen molar-refractivity contribution in [1.29, 1.82) is 0 Å². The topological polar surface area (TPSA) is 29.5 Å². The van der Waals surface area contributed by atoms with Crippen LogP contribution in [0.15, 0.2) is 18.2 Å². The van der Waals surface area contributed by atoms with E-state index in [9.17, 15) is 4.79 Å². The Balaban J connectivity index is 3.00. The lowest BCUT2D eigenvalue weighted by Gasteiger charge is -2.46. The lowest BCUT2D eigenvalue weighted by atomic mass is 9.95. The van der Waals surface area contributed by atoms with Crippen LogP contribution in [0.3, 0.4) is 0 Å². The molecule has 1 unspecified atom stereocenters. The van der Waals surface area contributed by atoms with Crippen LogP contribution < -0.4 is 4.74 Å². The molecule has 1 amide bonds. The monoisotopic (exact) mass is 345 g/mol. The number of hydrogen-bond acceptors (Lipinski definition) is 2. The molecule has 124 valence electrons. The number of ether oxygens (including phenoxy) is 1. The summed E-state index contributed by atoms with van der Waals surface area (Å²) in [5.41, 5.74) is -0.618. The molecule has 1 rings (SSSR count). The van der Waals surface area contributed by atoms with Gasteiger partial charge in [-0.25, -0.2) is 0 Å². The van der Waals surface area contributed by atoms with Gasteiger partial charge in [0.25, 0.3) is 5.91 Å². The largest absolute Gasteiger partial charge is 0.479 e. The van der Waals surface area contributed by atoms with Crippen LogP contribution in [0, 0.1) is 0 Å². The first-order valence-electron chi connectivity index (χ1n) is 7.30. The predicted octanol–water partition coefficient (Wildman–Crippen LogP) is 5.19. The summed E-state index contributed by atoms with van der Waals surface area (Å²) in [6.45, 7) is 13.8. The van der Waals surface area contributed by atoms with Crippen molar-refractivity contribution in [1.82, 2.24) is 4.90 Å². The normalized spacial score (nSPS) is 13.7. The van der Waals surface area contributed by atoms with Crippen molar-refractivity contribution in [3.8, 4) is 5.75 Å². The molecule has 0 aliphatic rings. The van der Waals surface area contributed by atoms with Crippen molar-refractivity contribution in [2.75, 3.05) is 0 Å². The zero-order valence-electron chi connectivity index (χ0n) is 14.3. The minimum absolute atomic E-state index is 0.0778. The van der Waals surface area contributed by atoms with E-state index in [4.69, 9.17) is 27.9 Å². The quantitative estimate of drug-likeness (QED) is 0.754. The molecule has 0 fully saturated rings. The zero-order valence-corrected chi connectivity index (χ0v) is 15.8. The lowest BCUT2D eigenvalue weighted by molar-refractivity contribution is -0.149. The second kappa shape index (κ2) is 6.67. The number of rotatable bonds is 3. The fourth-order valence-corrected chi connectivity index (χ4v) is 3.11. The molecule has 1 aromatic carbocycles. The van der Waals surface area contributed by atoms with E-state index in [0.717, 1.165) is 0 Å². The predicted molar refractivity (Wildman–Crippen MR) is 92.9 cm³/mol. The van der Waals surface area contributed by atoms with E-state index in [1.54, 1.807) is 25.1 Å². The molecule has 0 bridgehead atoms. The summed E-state index contributed by atoms with van der Waals surface area (Å²) in [5.74, 6) is 0.376. The lowest BCUT2D eigenvalue weighted by Crippen LogP contribution is -2.58. The van der Waals surface area contributed by atoms with Gasteiger partial charge in [-0.05, 0) is 66.7 Å². The second-order valence-corrected chi connectivity index (χ2v) is 8.19. The first kappa shape index (κ1) is 19.1. The van der Waals surface area contributed by atoms with Gasteiger partial charge in [0, 0.05) is 16.1 Å².